The SMILES string of the molecule is Cc1ccc2oc(N3CCN(C(=O)CN)CC3)nc2c1.Cl.Cl. The van der Waals surface area contributed by atoms with Gasteiger partial charge in [0.1, 0.15) is 5.52 Å². The van der Waals surface area contributed by atoms with Gasteiger partial charge < -0.3 is 20.0 Å². The third kappa shape index (κ3) is 3.63. The average molecular weight is 347 g/mol. The van der Waals surface area contributed by atoms with Gasteiger partial charge in [-0.15, -0.1) is 24.8 Å². The number of fused-ring (bicyclic) bond motifs is 1. The Kier molecular flexibility index (Phi) is 6.47. The third-order valence-corrected chi connectivity index (χ3v) is 3.61. The molecule has 1 amide bonds. The van der Waals surface area contributed by atoms with Crippen molar-refractivity contribution in [1.29, 1.82) is 0 Å². The van der Waals surface area contributed by atoms with Crippen LogP contribution in [0.25, 0.3) is 11.1 Å². The van der Waals surface area contributed by atoms with E-state index in [0.717, 1.165) is 29.8 Å². The van der Waals surface area contributed by atoms with E-state index < -0.39 is 0 Å². The molecule has 122 valence electrons. The molecule has 0 aliphatic carbocycles. The molecule has 2 aromatic rings. The second-order valence-corrected chi connectivity index (χ2v) is 5.04. The van der Waals surface area contributed by atoms with Crippen molar-refractivity contribution >= 4 is 47.8 Å². The fourth-order valence-corrected chi connectivity index (χ4v) is 2.44. The van der Waals surface area contributed by atoms with Crippen molar-refractivity contribution in [3.05, 3.63) is 23.8 Å². The number of carbonyl (C=O) groups is 1. The zero-order chi connectivity index (χ0) is 14.1. The number of nitrogens with zero attached hydrogens (tertiary/aromatic N) is 3. The van der Waals surface area contributed by atoms with E-state index in [4.69, 9.17) is 10.2 Å². The van der Waals surface area contributed by atoms with Crippen LogP contribution in [0, 0.1) is 6.92 Å². The molecule has 22 heavy (non-hydrogen) atoms. The molecule has 0 radical (unpaired) electrons. The van der Waals surface area contributed by atoms with E-state index >= 15 is 0 Å². The van der Waals surface area contributed by atoms with Crippen LogP contribution in [-0.4, -0.2) is 48.5 Å². The molecule has 0 spiro atoms. The Morgan fingerprint density at radius 3 is 2.59 bits per heavy atom. The van der Waals surface area contributed by atoms with Crippen molar-refractivity contribution in [2.75, 3.05) is 37.6 Å². The third-order valence-electron chi connectivity index (χ3n) is 3.61. The molecular weight excluding hydrogens is 327 g/mol. The number of aromatic nitrogens is 1. The highest BCUT2D eigenvalue weighted by atomic mass is 35.5. The van der Waals surface area contributed by atoms with Crippen molar-refractivity contribution in [2.24, 2.45) is 5.73 Å². The molecule has 1 aromatic carbocycles. The number of amides is 1. The summed E-state index contributed by atoms with van der Waals surface area (Å²) in [7, 11) is 0. The van der Waals surface area contributed by atoms with E-state index in [2.05, 4.69) is 9.88 Å². The van der Waals surface area contributed by atoms with Gasteiger partial charge in [-0.2, -0.15) is 4.98 Å². The Balaban J connectivity index is 0.00000121. The lowest BCUT2D eigenvalue weighted by molar-refractivity contribution is -0.129. The van der Waals surface area contributed by atoms with E-state index in [9.17, 15) is 4.79 Å². The van der Waals surface area contributed by atoms with Gasteiger partial charge in [0.05, 0.1) is 6.54 Å². The molecule has 0 bridgehead atoms. The molecule has 1 aromatic heterocycles. The summed E-state index contributed by atoms with van der Waals surface area (Å²) < 4.78 is 5.77. The van der Waals surface area contributed by atoms with Gasteiger partial charge >= 0.3 is 0 Å². The van der Waals surface area contributed by atoms with Gasteiger partial charge in [-0.05, 0) is 24.6 Å². The molecule has 3 rings (SSSR count). The lowest BCUT2D eigenvalue weighted by Gasteiger charge is -2.33. The molecule has 1 aliphatic rings. The summed E-state index contributed by atoms with van der Waals surface area (Å²) >= 11 is 0. The summed E-state index contributed by atoms with van der Waals surface area (Å²) in [5, 5.41) is 0. The highest BCUT2D eigenvalue weighted by Gasteiger charge is 2.23. The predicted molar refractivity (Wildman–Crippen MR) is 91.1 cm³/mol. The fraction of sp³-hybridized carbons (Fsp3) is 0.429. The lowest BCUT2D eigenvalue weighted by Crippen LogP contribution is -2.50. The molecular formula is C14H20Cl2N4O2. The molecule has 1 saturated heterocycles. The Labute approximate surface area is 141 Å². The van der Waals surface area contributed by atoms with Crippen molar-refractivity contribution in [3.8, 4) is 0 Å². The number of piperazine rings is 1. The fourth-order valence-electron chi connectivity index (χ4n) is 2.44. The van der Waals surface area contributed by atoms with Crippen molar-refractivity contribution in [3.63, 3.8) is 0 Å². The number of aryl methyl sites for hydroxylation is 1. The topological polar surface area (TPSA) is 75.6 Å². The number of anilines is 1. The van der Waals surface area contributed by atoms with Gasteiger partial charge in [0.2, 0.25) is 5.91 Å². The Hall–Kier alpha value is -1.50. The summed E-state index contributed by atoms with van der Waals surface area (Å²) in [4.78, 5) is 19.9. The summed E-state index contributed by atoms with van der Waals surface area (Å²) in [5.74, 6) is -0.00200. The van der Waals surface area contributed by atoms with Gasteiger partial charge in [-0.25, -0.2) is 0 Å². The van der Waals surface area contributed by atoms with E-state index in [-0.39, 0.29) is 37.3 Å². The van der Waals surface area contributed by atoms with Gasteiger partial charge in [-0.1, -0.05) is 6.07 Å². The zero-order valence-corrected chi connectivity index (χ0v) is 14.0. The maximum Gasteiger partial charge on any atom is 0.298 e. The van der Waals surface area contributed by atoms with Crippen LogP contribution in [-0.2, 0) is 4.79 Å². The number of nitrogens with two attached hydrogens (primary N) is 1. The number of halogens is 2. The molecule has 1 fully saturated rings. The minimum absolute atomic E-state index is 0. The molecule has 0 atom stereocenters. The van der Waals surface area contributed by atoms with Crippen LogP contribution in [0.5, 0.6) is 0 Å². The second kappa shape index (κ2) is 7.67. The van der Waals surface area contributed by atoms with Crippen LogP contribution < -0.4 is 10.6 Å². The molecule has 0 saturated carbocycles. The van der Waals surface area contributed by atoms with Crippen molar-refractivity contribution in [2.45, 2.75) is 6.92 Å². The van der Waals surface area contributed by atoms with E-state index in [1.807, 2.05) is 25.1 Å². The zero-order valence-electron chi connectivity index (χ0n) is 12.3. The largest absolute Gasteiger partial charge is 0.423 e. The Morgan fingerprint density at radius 2 is 1.95 bits per heavy atom. The molecule has 6 nitrogen and oxygen atoms in total. The first kappa shape index (κ1) is 18.5. The maximum absolute atomic E-state index is 11.5. The smallest absolute Gasteiger partial charge is 0.298 e. The highest BCUT2D eigenvalue weighted by molar-refractivity contribution is 5.85. The summed E-state index contributed by atoms with van der Waals surface area (Å²) in [6, 6.07) is 6.59. The minimum Gasteiger partial charge on any atom is -0.423 e. The quantitative estimate of drug-likeness (QED) is 0.893. The number of hydrogen-bond acceptors (Lipinski definition) is 5. The van der Waals surface area contributed by atoms with E-state index in [1.165, 1.54) is 0 Å². The van der Waals surface area contributed by atoms with Crippen LogP contribution >= 0.6 is 24.8 Å². The lowest BCUT2D eigenvalue weighted by atomic mass is 10.2. The van der Waals surface area contributed by atoms with Crippen LogP contribution in [0.1, 0.15) is 5.56 Å². The van der Waals surface area contributed by atoms with E-state index in [0.29, 0.717) is 19.1 Å². The van der Waals surface area contributed by atoms with Crippen LogP contribution in [0.4, 0.5) is 6.01 Å². The first-order valence-corrected chi connectivity index (χ1v) is 6.77. The van der Waals surface area contributed by atoms with Gasteiger partial charge in [-0.3, -0.25) is 4.79 Å². The first-order chi connectivity index (χ1) is 9.67. The predicted octanol–water partition coefficient (Wildman–Crippen LogP) is 1.59. The Bertz CT molecular complexity index is 639. The number of benzene rings is 1. The number of carbonyl (C=O) groups excluding carboxylic acids is 1. The standard InChI is InChI=1S/C14H18N4O2.2ClH/c1-10-2-3-12-11(8-10)16-14(20-12)18-6-4-17(5-7-18)13(19)9-15;;/h2-3,8H,4-7,9,15H2,1H3;2*1H. The first-order valence-electron chi connectivity index (χ1n) is 6.77. The van der Waals surface area contributed by atoms with Gasteiger partial charge in [0.15, 0.2) is 5.58 Å². The summed E-state index contributed by atoms with van der Waals surface area (Å²) in [5.41, 5.74) is 8.21. The highest BCUT2D eigenvalue weighted by Crippen LogP contribution is 2.23. The van der Waals surface area contributed by atoms with Crippen molar-refractivity contribution in [1.82, 2.24) is 9.88 Å². The van der Waals surface area contributed by atoms with Crippen LogP contribution in [0.3, 0.4) is 0 Å². The normalized spacial score (nSPS) is 14.5. The number of oxazole rings is 1. The van der Waals surface area contributed by atoms with Crippen LogP contribution in [0.2, 0.25) is 0 Å². The maximum atomic E-state index is 11.5. The van der Waals surface area contributed by atoms with Crippen molar-refractivity contribution < 1.29 is 9.21 Å². The second-order valence-electron chi connectivity index (χ2n) is 5.04. The summed E-state index contributed by atoms with van der Waals surface area (Å²) in [6.45, 7) is 4.86. The Morgan fingerprint density at radius 1 is 1.27 bits per heavy atom. The number of hydrogen-bond donors (Lipinski definition) is 1. The molecule has 8 heteroatoms. The average Bonchev–Trinajstić information content (AvgIpc) is 2.89. The minimum atomic E-state index is -0.00200. The molecule has 2 heterocycles. The van der Waals surface area contributed by atoms with Crippen LogP contribution in [0.15, 0.2) is 22.6 Å². The van der Waals surface area contributed by atoms with Gasteiger partial charge in [0.25, 0.3) is 6.01 Å². The van der Waals surface area contributed by atoms with Gasteiger partial charge in [0, 0.05) is 26.2 Å². The van der Waals surface area contributed by atoms with E-state index in [1.54, 1.807) is 4.90 Å². The number of rotatable bonds is 2. The molecule has 1 aliphatic heterocycles. The molecule has 0 unspecified atom stereocenters. The summed E-state index contributed by atoms with van der Waals surface area (Å²) in [6.07, 6.45) is 0. The monoisotopic (exact) mass is 346 g/mol. The molecule has 2 N–H and O–H groups in total.